The Morgan fingerprint density at radius 1 is 1.33 bits per heavy atom. The Hall–Kier alpha value is -0.850. The third kappa shape index (κ3) is 0.576. The minimum Gasteiger partial charge on any atom is -0.207 e. The Kier molecular flexibility index (Phi) is 0.747. The fourth-order valence-corrected chi connectivity index (χ4v) is 1.20. The number of benzene rings is 1. The highest BCUT2D eigenvalue weighted by Crippen LogP contribution is 2.42. The van der Waals surface area contributed by atoms with E-state index in [-0.39, 0.29) is 5.82 Å². The van der Waals surface area contributed by atoms with Crippen LogP contribution in [0.1, 0.15) is 24.0 Å². The van der Waals surface area contributed by atoms with E-state index in [0.717, 1.165) is 0 Å². The minimum atomic E-state index is -0.113. The highest BCUT2D eigenvalue weighted by atomic mass is 19.1. The molecule has 0 nitrogen and oxygen atoms in total. The maximum absolute atomic E-state index is 12.4. The van der Waals surface area contributed by atoms with Crippen molar-refractivity contribution >= 4 is 0 Å². The van der Waals surface area contributed by atoms with Gasteiger partial charge in [0.05, 0.1) is 0 Å². The van der Waals surface area contributed by atoms with Crippen LogP contribution in [0.25, 0.3) is 0 Å². The fourth-order valence-electron chi connectivity index (χ4n) is 1.20. The van der Waals surface area contributed by atoms with Crippen molar-refractivity contribution in [2.24, 2.45) is 0 Å². The topological polar surface area (TPSA) is 0 Å². The van der Waals surface area contributed by atoms with Crippen molar-refractivity contribution in [2.45, 2.75) is 12.8 Å². The monoisotopic (exact) mass is 122 g/mol. The summed E-state index contributed by atoms with van der Waals surface area (Å²) in [5.41, 5.74) is 2.48. The van der Waals surface area contributed by atoms with Gasteiger partial charge in [0.25, 0.3) is 0 Å². The van der Waals surface area contributed by atoms with Crippen molar-refractivity contribution in [1.82, 2.24) is 0 Å². The molecule has 1 aliphatic carbocycles. The largest absolute Gasteiger partial charge is 0.207 e. The van der Waals surface area contributed by atoms with Crippen LogP contribution in [-0.4, -0.2) is 0 Å². The van der Waals surface area contributed by atoms with Gasteiger partial charge in [-0.15, -0.1) is 0 Å². The van der Waals surface area contributed by atoms with E-state index in [1.54, 1.807) is 6.07 Å². The first-order valence-electron chi connectivity index (χ1n) is 3.08. The first-order valence-corrected chi connectivity index (χ1v) is 3.08. The summed E-state index contributed by atoms with van der Waals surface area (Å²) in [7, 11) is 0. The highest BCUT2D eigenvalue weighted by molar-refractivity contribution is 5.51. The van der Waals surface area contributed by atoms with Gasteiger partial charge in [-0.3, -0.25) is 0 Å². The van der Waals surface area contributed by atoms with E-state index in [2.05, 4.69) is 6.92 Å². The molecule has 0 heterocycles. The van der Waals surface area contributed by atoms with Crippen molar-refractivity contribution in [3.63, 3.8) is 0 Å². The first kappa shape index (κ1) is 4.98. The van der Waals surface area contributed by atoms with Crippen molar-refractivity contribution in [1.29, 1.82) is 0 Å². The van der Waals surface area contributed by atoms with Gasteiger partial charge in [0.2, 0.25) is 0 Å². The van der Waals surface area contributed by atoms with Gasteiger partial charge in [-0.05, 0) is 23.3 Å². The summed E-state index contributed by atoms with van der Waals surface area (Å²) in [5, 5.41) is 0. The van der Waals surface area contributed by atoms with Crippen molar-refractivity contribution in [2.75, 3.05) is 0 Å². The zero-order chi connectivity index (χ0) is 6.43. The molecule has 0 bridgehead atoms. The summed E-state index contributed by atoms with van der Waals surface area (Å²) in [6, 6.07) is 4.98. The first-order chi connectivity index (χ1) is 4.29. The summed E-state index contributed by atoms with van der Waals surface area (Å²) in [6.45, 7) is 2.09. The molecule has 0 aliphatic heterocycles. The molecular formula is C8H7F. The van der Waals surface area contributed by atoms with Crippen LogP contribution in [0, 0.1) is 5.82 Å². The molecule has 0 radical (unpaired) electrons. The molecule has 0 saturated heterocycles. The van der Waals surface area contributed by atoms with Crippen LogP contribution in [-0.2, 0) is 0 Å². The van der Waals surface area contributed by atoms with Gasteiger partial charge < -0.3 is 0 Å². The van der Waals surface area contributed by atoms with Crippen molar-refractivity contribution in [3.8, 4) is 0 Å². The lowest BCUT2D eigenvalue weighted by atomic mass is 10.4. The standard InChI is InChI=1S/C8H7F/c1-5-7-3-2-6(9)4-8(5)7/h2-5H,1H3. The van der Waals surface area contributed by atoms with Crippen molar-refractivity contribution < 1.29 is 4.39 Å². The quantitative estimate of drug-likeness (QED) is 0.495. The number of hydrogen-bond donors (Lipinski definition) is 0. The molecule has 9 heavy (non-hydrogen) atoms. The smallest absolute Gasteiger partial charge is 0.123 e. The lowest BCUT2D eigenvalue weighted by Gasteiger charge is -1.77. The van der Waals surface area contributed by atoms with E-state index >= 15 is 0 Å². The van der Waals surface area contributed by atoms with Crippen LogP contribution in [0.15, 0.2) is 18.2 Å². The maximum Gasteiger partial charge on any atom is 0.123 e. The van der Waals surface area contributed by atoms with Gasteiger partial charge in [-0.1, -0.05) is 13.0 Å². The molecule has 1 aromatic rings. The summed E-state index contributed by atoms with van der Waals surface area (Å²) in [4.78, 5) is 0. The molecule has 1 heteroatoms. The summed E-state index contributed by atoms with van der Waals surface area (Å²) < 4.78 is 12.4. The van der Waals surface area contributed by atoms with Gasteiger partial charge in [-0.25, -0.2) is 4.39 Å². The zero-order valence-electron chi connectivity index (χ0n) is 5.19. The molecule has 1 unspecified atom stereocenters. The second kappa shape index (κ2) is 1.35. The normalized spacial score (nSPS) is 21.3. The highest BCUT2D eigenvalue weighted by Gasteiger charge is 2.27. The van der Waals surface area contributed by atoms with E-state index in [0.29, 0.717) is 5.92 Å². The third-order valence-corrected chi connectivity index (χ3v) is 1.90. The van der Waals surface area contributed by atoms with Crippen LogP contribution >= 0.6 is 0 Å². The van der Waals surface area contributed by atoms with Gasteiger partial charge in [0.15, 0.2) is 0 Å². The molecule has 0 saturated carbocycles. The molecule has 0 N–H and O–H groups in total. The van der Waals surface area contributed by atoms with Crippen LogP contribution in [0.4, 0.5) is 4.39 Å². The molecular weight excluding hydrogens is 115 g/mol. The zero-order valence-corrected chi connectivity index (χ0v) is 5.19. The predicted molar refractivity (Wildman–Crippen MR) is 33.9 cm³/mol. The van der Waals surface area contributed by atoms with Crippen LogP contribution in [0.3, 0.4) is 0 Å². The lowest BCUT2D eigenvalue weighted by molar-refractivity contribution is 0.628. The molecule has 0 amide bonds. The third-order valence-electron chi connectivity index (χ3n) is 1.90. The fraction of sp³-hybridized carbons (Fsp3) is 0.250. The molecule has 0 fully saturated rings. The van der Waals surface area contributed by atoms with E-state index in [4.69, 9.17) is 0 Å². The average molecular weight is 122 g/mol. The van der Waals surface area contributed by atoms with Crippen LogP contribution in [0.2, 0.25) is 0 Å². The molecule has 2 rings (SSSR count). The van der Waals surface area contributed by atoms with Crippen LogP contribution < -0.4 is 0 Å². The SMILES string of the molecule is CC1c2ccc(F)cc21. The van der Waals surface area contributed by atoms with Gasteiger partial charge >= 0.3 is 0 Å². The predicted octanol–water partition coefficient (Wildman–Crippen LogP) is 2.29. The number of hydrogen-bond acceptors (Lipinski definition) is 0. The van der Waals surface area contributed by atoms with Gasteiger partial charge in [0.1, 0.15) is 5.82 Å². The second-order valence-electron chi connectivity index (χ2n) is 2.49. The summed E-state index contributed by atoms with van der Waals surface area (Å²) in [6.07, 6.45) is 0. The second-order valence-corrected chi connectivity index (χ2v) is 2.49. The number of rotatable bonds is 0. The maximum atomic E-state index is 12.4. The Labute approximate surface area is 53.3 Å². The van der Waals surface area contributed by atoms with E-state index in [1.165, 1.54) is 17.2 Å². The Bertz CT molecular complexity index is 253. The van der Waals surface area contributed by atoms with Crippen molar-refractivity contribution in [3.05, 3.63) is 35.1 Å². The molecule has 1 atom stereocenters. The lowest BCUT2D eigenvalue weighted by Crippen LogP contribution is -1.64. The summed E-state index contributed by atoms with van der Waals surface area (Å²) >= 11 is 0. The molecule has 0 aromatic heterocycles. The Balaban J connectivity index is 2.54. The molecule has 1 aromatic carbocycles. The Morgan fingerprint density at radius 3 is 2.67 bits per heavy atom. The Morgan fingerprint density at radius 2 is 2.11 bits per heavy atom. The van der Waals surface area contributed by atoms with Gasteiger partial charge in [-0.2, -0.15) is 0 Å². The molecule has 46 valence electrons. The van der Waals surface area contributed by atoms with E-state index in [9.17, 15) is 4.39 Å². The van der Waals surface area contributed by atoms with Gasteiger partial charge in [0, 0.05) is 5.92 Å². The average Bonchev–Trinajstić information content (AvgIpc) is 2.43. The molecule has 1 aliphatic rings. The van der Waals surface area contributed by atoms with Crippen LogP contribution in [0.5, 0.6) is 0 Å². The number of halogens is 1. The number of fused-ring (bicyclic) bond motifs is 1. The molecule has 0 spiro atoms. The minimum absolute atomic E-state index is 0.113. The summed E-state index contributed by atoms with van der Waals surface area (Å²) in [5.74, 6) is 0.410. The van der Waals surface area contributed by atoms with E-state index in [1.807, 2.05) is 6.07 Å². The van der Waals surface area contributed by atoms with E-state index < -0.39 is 0 Å².